The van der Waals surface area contributed by atoms with Gasteiger partial charge in [0.2, 0.25) is 10.0 Å². The monoisotopic (exact) mass is 255 g/mol. The topological polar surface area (TPSA) is 96.0 Å². The van der Waals surface area contributed by atoms with E-state index in [2.05, 4.69) is 4.72 Å². The molecule has 1 aromatic carbocycles. The van der Waals surface area contributed by atoms with Crippen molar-refractivity contribution < 1.29 is 8.42 Å². The SMILES string of the molecule is CCCC(NS(=O)(=O)c1ccccc1)C(=N)N. The van der Waals surface area contributed by atoms with E-state index < -0.39 is 16.1 Å². The number of benzene rings is 1. The number of hydrogen-bond donors (Lipinski definition) is 3. The average Bonchev–Trinajstić information content (AvgIpc) is 2.29. The van der Waals surface area contributed by atoms with Gasteiger partial charge in [0.15, 0.2) is 0 Å². The molecule has 0 amide bonds. The first kappa shape index (κ1) is 13.7. The zero-order valence-corrected chi connectivity index (χ0v) is 10.5. The summed E-state index contributed by atoms with van der Waals surface area (Å²) in [6.07, 6.45) is 1.27. The molecule has 6 heteroatoms. The highest BCUT2D eigenvalue weighted by molar-refractivity contribution is 7.89. The van der Waals surface area contributed by atoms with Crippen LogP contribution in [0.3, 0.4) is 0 Å². The highest BCUT2D eigenvalue weighted by Crippen LogP contribution is 2.09. The molecular formula is C11H17N3O2S. The molecule has 5 nitrogen and oxygen atoms in total. The van der Waals surface area contributed by atoms with Gasteiger partial charge in [-0.3, -0.25) is 5.41 Å². The molecule has 0 radical (unpaired) electrons. The summed E-state index contributed by atoms with van der Waals surface area (Å²) in [6.45, 7) is 1.91. The largest absolute Gasteiger partial charge is 0.386 e. The number of amidine groups is 1. The first-order chi connectivity index (χ1) is 7.97. The molecule has 0 bridgehead atoms. The van der Waals surface area contributed by atoms with E-state index in [0.29, 0.717) is 6.42 Å². The Hall–Kier alpha value is -1.40. The van der Waals surface area contributed by atoms with Gasteiger partial charge >= 0.3 is 0 Å². The lowest BCUT2D eigenvalue weighted by Crippen LogP contribution is -2.43. The van der Waals surface area contributed by atoms with Crippen molar-refractivity contribution in [1.29, 1.82) is 5.41 Å². The van der Waals surface area contributed by atoms with Gasteiger partial charge < -0.3 is 5.73 Å². The van der Waals surface area contributed by atoms with Crippen LogP contribution in [0, 0.1) is 5.41 Å². The van der Waals surface area contributed by atoms with E-state index in [-0.39, 0.29) is 10.7 Å². The molecule has 0 spiro atoms. The quantitative estimate of drug-likeness (QED) is 0.524. The number of hydrogen-bond acceptors (Lipinski definition) is 3. The Bertz CT molecular complexity index is 471. The standard InChI is InChI=1S/C11H17N3O2S/c1-2-6-10(11(12)13)14-17(15,16)9-7-4-3-5-8-9/h3-5,7-8,10,14H,2,6H2,1H3,(H3,12,13). The summed E-state index contributed by atoms with van der Waals surface area (Å²) < 4.78 is 26.3. The second kappa shape index (κ2) is 5.79. The minimum absolute atomic E-state index is 0.161. The van der Waals surface area contributed by atoms with Crippen molar-refractivity contribution in [3.63, 3.8) is 0 Å². The van der Waals surface area contributed by atoms with Gasteiger partial charge in [-0.2, -0.15) is 0 Å². The summed E-state index contributed by atoms with van der Waals surface area (Å²) in [6, 6.07) is 7.42. The molecule has 0 heterocycles. The number of rotatable bonds is 6. The fraction of sp³-hybridized carbons (Fsp3) is 0.364. The Morgan fingerprint density at radius 2 is 2.00 bits per heavy atom. The van der Waals surface area contributed by atoms with Gasteiger partial charge in [-0.05, 0) is 18.6 Å². The third kappa shape index (κ3) is 3.83. The summed E-state index contributed by atoms with van der Waals surface area (Å²) in [7, 11) is -3.60. The van der Waals surface area contributed by atoms with Crippen LogP contribution in [-0.2, 0) is 10.0 Å². The van der Waals surface area contributed by atoms with Gasteiger partial charge in [-0.15, -0.1) is 0 Å². The number of nitrogens with one attached hydrogen (secondary N) is 2. The van der Waals surface area contributed by atoms with E-state index in [4.69, 9.17) is 11.1 Å². The van der Waals surface area contributed by atoms with Crippen molar-refractivity contribution in [3.8, 4) is 0 Å². The predicted molar refractivity (Wildman–Crippen MR) is 67.4 cm³/mol. The van der Waals surface area contributed by atoms with E-state index in [0.717, 1.165) is 6.42 Å². The van der Waals surface area contributed by atoms with E-state index in [1.165, 1.54) is 12.1 Å². The van der Waals surface area contributed by atoms with Crippen LogP contribution in [0.1, 0.15) is 19.8 Å². The van der Waals surface area contributed by atoms with Crippen LogP contribution in [-0.4, -0.2) is 20.3 Å². The van der Waals surface area contributed by atoms with Crippen molar-refractivity contribution in [1.82, 2.24) is 4.72 Å². The zero-order valence-electron chi connectivity index (χ0n) is 9.68. The third-order valence-corrected chi connectivity index (χ3v) is 3.79. The van der Waals surface area contributed by atoms with Crippen LogP contribution >= 0.6 is 0 Å². The maximum absolute atomic E-state index is 12.0. The van der Waals surface area contributed by atoms with Crippen molar-refractivity contribution in [2.45, 2.75) is 30.7 Å². The normalized spacial score (nSPS) is 13.2. The van der Waals surface area contributed by atoms with Crippen LogP contribution < -0.4 is 10.5 Å². The molecule has 0 fully saturated rings. The Kier molecular flexibility index (Phi) is 4.65. The molecule has 0 aliphatic heterocycles. The fourth-order valence-electron chi connectivity index (χ4n) is 1.42. The van der Waals surface area contributed by atoms with Crippen molar-refractivity contribution in [3.05, 3.63) is 30.3 Å². The highest BCUT2D eigenvalue weighted by atomic mass is 32.2. The number of sulfonamides is 1. The second-order valence-electron chi connectivity index (χ2n) is 3.73. The molecule has 0 saturated heterocycles. The lowest BCUT2D eigenvalue weighted by Gasteiger charge is -2.16. The molecule has 1 atom stereocenters. The van der Waals surface area contributed by atoms with E-state index in [9.17, 15) is 8.42 Å². The minimum atomic E-state index is -3.60. The molecule has 0 aliphatic carbocycles. The first-order valence-corrected chi connectivity index (χ1v) is 6.87. The van der Waals surface area contributed by atoms with Gasteiger partial charge in [-0.1, -0.05) is 31.5 Å². The van der Waals surface area contributed by atoms with E-state index in [1.807, 2.05) is 6.92 Å². The molecular weight excluding hydrogens is 238 g/mol. The fourth-order valence-corrected chi connectivity index (χ4v) is 2.69. The Labute approximate surface area is 102 Å². The summed E-state index contributed by atoms with van der Waals surface area (Å²) in [4.78, 5) is 0.183. The summed E-state index contributed by atoms with van der Waals surface area (Å²) in [5.74, 6) is -0.161. The van der Waals surface area contributed by atoms with Gasteiger partial charge in [0.05, 0.1) is 10.9 Å². The average molecular weight is 255 g/mol. The van der Waals surface area contributed by atoms with Crippen LogP contribution in [0.25, 0.3) is 0 Å². The van der Waals surface area contributed by atoms with Crippen molar-refractivity contribution >= 4 is 15.9 Å². The zero-order chi connectivity index (χ0) is 12.9. The maximum Gasteiger partial charge on any atom is 0.241 e. The van der Waals surface area contributed by atoms with Crippen molar-refractivity contribution in [2.24, 2.45) is 5.73 Å². The van der Waals surface area contributed by atoms with E-state index >= 15 is 0 Å². The molecule has 1 rings (SSSR count). The molecule has 1 aromatic rings. The van der Waals surface area contributed by atoms with Gasteiger partial charge in [0.25, 0.3) is 0 Å². The molecule has 0 aliphatic rings. The lowest BCUT2D eigenvalue weighted by atomic mass is 10.2. The minimum Gasteiger partial charge on any atom is -0.386 e. The molecule has 0 aromatic heterocycles. The Morgan fingerprint density at radius 1 is 1.41 bits per heavy atom. The smallest absolute Gasteiger partial charge is 0.241 e. The first-order valence-electron chi connectivity index (χ1n) is 5.38. The van der Waals surface area contributed by atoms with Crippen LogP contribution in [0.2, 0.25) is 0 Å². The van der Waals surface area contributed by atoms with Gasteiger partial charge in [0.1, 0.15) is 5.84 Å². The lowest BCUT2D eigenvalue weighted by molar-refractivity contribution is 0.565. The predicted octanol–water partition coefficient (Wildman–Crippen LogP) is 1.07. The van der Waals surface area contributed by atoms with Gasteiger partial charge in [0, 0.05) is 0 Å². The second-order valence-corrected chi connectivity index (χ2v) is 5.44. The Balaban J connectivity index is 2.89. The third-order valence-electron chi connectivity index (χ3n) is 2.30. The van der Waals surface area contributed by atoms with Crippen LogP contribution in [0.5, 0.6) is 0 Å². The van der Waals surface area contributed by atoms with Crippen molar-refractivity contribution in [2.75, 3.05) is 0 Å². The molecule has 1 unspecified atom stereocenters. The summed E-state index contributed by atoms with van der Waals surface area (Å²) >= 11 is 0. The number of nitrogens with two attached hydrogens (primary N) is 1. The Morgan fingerprint density at radius 3 is 2.47 bits per heavy atom. The van der Waals surface area contributed by atoms with Crippen LogP contribution in [0.15, 0.2) is 35.2 Å². The molecule has 94 valence electrons. The summed E-state index contributed by atoms with van der Waals surface area (Å²) in [5, 5.41) is 7.35. The van der Waals surface area contributed by atoms with Gasteiger partial charge in [-0.25, -0.2) is 13.1 Å². The van der Waals surface area contributed by atoms with Crippen LogP contribution in [0.4, 0.5) is 0 Å². The summed E-state index contributed by atoms with van der Waals surface area (Å²) in [5.41, 5.74) is 5.36. The van der Waals surface area contributed by atoms with E-state index in [1.54, 1.807) is 18.2 Å². The highest BCUT2D eigenvalue weighted by Gasteiger charge is 2.20. The maximum atomic E-state index is 12.0. The molecule has 4 N–H and O–H groups in total. The molecule has 0 saturated carbocycles. The molecule has 17 heavy (non-hydrogen) atoms.